The molecule has 0 aliphatic heterocycles. The Bertz CT molecular complexity index is 144. The molecule has 14 heavy (non-hydrogen) atoms. The zero-order chi connectivity index (χ0) is 11.2. The van der Waals surface area contributed by atoms with Crippen molar-refractivity contribution in [3.8, 4) is 0 Å². The standard InChI is InChI=1S/C10H27N3Si/c1-9(2)7-13-14(11-5,12-6)8-10(3)4/h9-13H,7-8H2,1-6H3. The summed E-state index contributed by atoms with van der Waals surface area (Å²) in [5, 5.41) is 0. The smallest absolute Gasteiger partial charge is 0.281 e. The van der Waals surface area contributed by atoms with E-state index in [0.717, 1.165) is 12.5 Å². The van der Waals surface area contributed by atoms with Crippen molar-refractivity contribution >= 4 is 8.56 Å². The van der Waals surface area contributed by atoms with E-state index in [9.17, 15) is 0 Å². The molecule has 0 saturated heterocycles. The number of rotatable bonds is 7. The van der Waals surface area contributed by atoms with Gasteiger partial charge in [0, 0.05) is 0 Å². The first kappa shape index (κ1) is 14.1. The SMILES string of the molecule is CN[Si](CC(C)C)(NC)NCC(C)C. The van der Waals surface area contributed by atoms with Crippen molar-refractivity contribution in [3.05, 3.63) is 0 Å². The molecule has 0 aliphatic rings. The molecule has 0 aromatic rings. The van der Waals surface area contributed by atoms with E-state index in [0.29, 0.717) is 5.92 Å². The van der Waals surface area contributed by atoms with Crippen molar-refractivity contribution in [3.63, 3.8) is 0 Å². The number of hydrogen-bond acceptors (Lipinski definition) is 3. The van der Waals surface area contributed by atoms with E-state index in [1.54, 1.807) is 0 Å². The molecule has 0 heterocycles. The second kappa shape index (κ2) is 6.56. The number of nitrogens with one attached hydrogen (secondary N) is 3. The van der Waals surface area contributed by atoms with Gasteiger partial charge >= 0.3 is 0 Å². The molecule has 0 spiro atoms. The predicted molar refractivity (Wildman–Crippen MR) is 66.4 cm³/mol. The van der Waals surface area contributed by atoms with Crippen LogP contribution in [-0.4, -0.2) is 29.2 Å². The minimum Gasteiger partial charge on any atom is -0.316 e. The lowest BCUT2D eigenvalue weighted by Crippen LogP contribution is -2.71. The molecule has 0 saturated carbocycles. The molecule has 0 unspecified atom stereocenters. The molecule has 0 rings (SSSR count). The van der Waals surface area contributed by atoms with Gasteiger partial charge in [-0.05, 0) is 38.5 Å². The lowest BCUT2D eigenvalue weighted by atomic mass is 10.2. The van der Waals surface area contributed by atoms with Gasteiger partial charge in [0.15, 0.2) is 0 Å². The maximum absolute atomic E-state index is 3.68. The van der Waals surface area contributed by atoms with Crippen LogP contribution in [-0.2, 0) is 0 Å². The van der Waals surface area contributed by atoms with E-state index in [2.05, 4.69) is 56.7 Å². The van der Waals surface area contributed by atoms with Crippen LogP contribution in [0.15, 0.2) is 0 Å². The molecule has 0 aromatic heterocycles. The van der Waals surface area contributed by atoms with Gasteiger partial charge in [-0.15, -0.1) is 0 Å². The van der Waals surface area contributed by atoms with Crippen LogP contribution in [0, 0.1) is 11.8 Å². The fourth-order valence-electron chi connectivity index (χ4n) is 1.57. The third-order valence-electron chi connectivity index (χ3n) is 2.38. The average molecular weight is 217 g/mol. The summed E-state index contributed by atoms with van der Waals surface area (Å²) in [6.07, 6.45) is 0. The van der Waals surface area contributed by atoms with Gasteiger partial charge in [-0.1, -0.05) is 27.7 Å². The molecule has 0 aliphatic carbocycles. The van der Waals surface area contributed by atoms with Gasteiger partial charge < -0.3 is 14.9 Å². The normalized spacial score (nSPS) is 12.9. The zero-order valence-electron chi connectivity index (χ0n) is 10.6. The molecule has 3 N–H and O–H groups in total. The average Bonchev–Trinajstić information content (AvgIpc) is 2.11. The van der Waals surface area contributed by atoms with Crippen LogP contribution in [0.5, 0.6) is 0 Å². The first-order chi connectivity index (χ1) is 6.45. The summed E-state index contributed by atoms with van der Waals surface area (Å²) in [7, 11) is 2.49. The Balaban J connectivity index is 4.21. The van der Waals surface area contributed by atoms with Crippen LogP contribution in [0.3, 0.4) is 0 Å². The Morgan fingerprint density at radius 2 is 1.43 bits per heavy atom. The molecule has 0 bridgehead atoms. The highest BCUT2D eigenvalue weighted by Gasteiger charge is 2.31. The molecule has 86 valence electrons. The molecule has 0 radical (unpaired) electrons. The minimum atomic E-state index is -1.62. The van der Waals surface area contributed by atoms with Crippen LogP contribution < -0.4 is 14.9 Å². The summed E-state index contributed by atoms with van der Waals surface area (Å²) in [5.41, 5.74) is 0. The maximum atomic E-state index is 3.68. The Morgan fingerprint density at radius 1 is 0.929 bits per heavy atom. The van der Waals surface area contributed by atoms with Crippen molar-refractivity contribution in [2.24, 2.45) is 11.8 Å². The lowest BCUT2D eigenvalue weighted by Gasteiger charge is -2.33. The first-order valence-electron chi connectivity index (χ1n) is 5.58. The summed E-state index contributed by atoms with van der Waals surface area (Å²) in [6.45, 7) is 10.1. The van der Waals surface area contributed by atoms with E-state index in [1.165, 1.54) is 6.04 Å². The fraction of sp³-hybridized carbons (Fsp3) is 1.00. The molecule has 4 heteroatoms. The summed E-state index contributed by atoms with van der Waals surface area (Å²) >= 11 is 0. The van der Waals surface area contributed by atoms with E-state index < -0.39 is 8.56 Å². The van der Waals surface area contributed by atoms with Gasteiger partial charge in [0.2, 0.25) is 0 Å². The molecule has 0 amide bonds. The summed E-state index contributed by atoms with van der Waals surface area (Å²) in [4.78, 5) is 10.6. The molecule has 0 atom stereocenters. The van der Waals surface area contributed by atoms with Gasteiger partial charge in [-0.25, -0.2) is 0 Å². The largest absolute Gasteiger partial charge is 0.316 e. The quantitative estimate of drug-likeness (QED) is 0.562. The van der Waals surface area contributed by atoms with E-state index in [1.807, 2.05) is 0 Å². The molecule has 3 nitrogen and oxygen atoms in total. The van der Waals surface area contributed by atoms with Gasteiger partial charge in [-0.2, -0.15) is 0 Å². The molecular weight excluding hydrogens is 190 g/mol. The molecular formula is C10H27N3Si. The van der Waals surface area contributed by atoms with Crippen LogP contribution in [0.1, 0.15) is 27.7 Å². The van der Waals surface area contributed by atoms with Crippen molar-refractivity contribution in [1.82, 2.24) is 14.9 Å². The second-order valence-electron chi connectivity index (χ2n) is 4.78. The van der Waals surface area contributed by atoms with Gasteiger partial charge in [0.05, 0.1) is 0 Å². The van der Waals surface area contributed by atoms with Crippen LogP contribution >= 0.6 is 0 Å². The summed E-state index contributed by atoms with van der Waals surface area (Å²) < 4.78 is 0. The third-order valence-corrected chi connectivity index (χ3v) is 6.32. The number of hydrogen-bond donors (Lipinski definition) is 3. The van der Waals surface area contributed by atoms with Crippen LogP contribution in [0.4, 0.5) is 0 Å². The van der Waals surface area contributed by atoms with Gasteiger partial charge in [0.1, 0.15) is 0 Å². The van der Waals surface area contributed by atoms with Crippen LogP contribution in [0.25, 0.3) is 0 Å². The van der Waals surface area contributed by atoms with E-state index in [4.69, 9.17) is 0 Å². The summed E-state index contributed by atoms with van der Waals surface area (Å²) in [5.74, 6) is 1.43. The topological polar surface area (TPSA) is 36.1 Å². The van der Waals surface area contributed by atoms with Crippen molar-refractivity contribution in [2.45, 2.75) is 33.7 Å². The highest BCUT2D eigenvalue weighted by atomic mass is 28.4. The van der Waals surface area contributed by atoms with Crippen molar-refractivity contribution < 1.29 is 0 Å². The van der Waals surface area contributed by atoms with Crippen molar-refractivity contribution in [2.75, 3.05) is 20.6 Å². The Kier molecular flexibility index (Phi) is 6.60. The van der Waals surface area contributed by atoms with Crippen molar-refractivity contribution in [1.29, 1.82) is 0 Å². The van der Waals surface area contributed by atoms with E-state index >= 15 is 0 Å². The zero-order valence-corrected chi connectivity index (χ0v) is 11.6. The Morgan fingerprint density at radius 3 is 1.71 bits per heavy atom. The Labute approximate surface area is 90.3 Å². The molecule has 0 fully saturated rings. The predicted octanol–water partition coefficient (Wildman–Crippen LogP) is 1.27. The lowest BCUT2D eigenvalue weighted by molar-refractivity contribution is 0.595. The minimum absolute atomic E-state index is 0.704. The second-order valence-corrected chi connectivity index (χ2v) is 8.35. The first-order valence-corrected chi connectivity index (χ1v) is 7.79. The summed E-state index contributed by atoms with van der Waals surface area (Å²) in [6, 6.07) is 1.22. The highest BCUT2D eigenvalue weighted by Crippen LogP contribution is 2.08. The Hall–Kier alpha value is 0.0969. The van der Waals surface area contributed by atoms with Gasteiger partial charge in [-0.3, -0.25) is 0 Å². The fourth-order valence-corrected chi connectivity index (χ4v) is 4.71. The van der Waals surface area contributed by atoms with Crippen LogP contribution in [0.2, 0.25) is 6.04 Å². The monoisotopic (exact) mass is 217 g/mol. The maximum Gasteiger partial charge on any atom is 0.281 e. The van der Waals surface area contributed by atoms with E-state index in [-0.39, 0.29) is 0 Å². The van der Waals surface area contributed by atoms with Gasteiger partial charge in [0.25, 0.3) is 8.56 Å². The molecule has 0 aromatic carbocycles. The third kappa shape index (κ3) is 5.10. The highest BCUT2D eigenvalue weighted by molar-refractivity contribution is 6.72.